The maximum atomic E-state index is 13.0. The Kier molecular flexibility index (Phi) is 7.65. The number of nitrogens with zero attached hydrogens (tertiary/aromatic N) is 5. The second kappa shape index (κ2) is 10.8. The Hall–Kier alpha value is -3.16. The van der Waals surface area contributed by atoms with Gasteiger partial charge in [0.2, 0.25) is 11.8 Å². The van der Waals surface area contributed by atoms with Crippen LogP contribution in [0.25, 0.3) is 11.3 Å². The minimum atomic E-state index is 0.0383. The molecule has 1 aromatic carbocycles. The summed E-state index contributed by atoms with van der Waals surface area (Å²) < 4.78 is 5.29. The van der Waals surface area contributed by atoms with E-state index in [4.69, 9.17) is 4.74 Å². The highest BCUT2D eigenvalue weighted by Crippen LogP contribution is 2.31. The van der Waals surface area contributed by atoms with Gasteiger partial charge < -0.3 is 19.4 Å². The molecule has 2 amide bonds. The molecule has 2 aromatic rings. The average molecular weight is 466 g/mol. The first-order chi connectivity index (χ1) is 16.5. The van der Waals surface area contributed by atoms with Crippen LogP contribution < -0.4 is 9.64 Å². The van der Waals surface area contributed by atoms with Crippen LogP contribution in [0.5, 0.6) is 5.75 Å². The first-order valence-electron chi connectivity index (χ1n) is 12.3. The lowest BCUT2D eigenvalue weighted by molar-refractivity contribution is -0.142. The summed E-state index contributed by atoms with van der Waals surface area (Å²) in [5.74, 6) is 2.31. The third-order valence-corrected chi connectivity index (χ3v) is 6.77. The molecule has 0 N–H and O–H groups in total. The van der Waals surface area contributed by atoms with Crippen LogP contribution in [0.4, 0.5) is 5.82 Å². The van der Waals surface area contributed by atoms with Gasteiger partial charge in [0.1, 0.15) is 5.75 Å². The van der Waals surface area contributed by atoms with Gasteiger partial charge in [-0.1, -0.05) is 32.4 Å². The van der Waals surface area contributed by atoms with Crippen molar-refractivity contribution in [3.05, 3.63) is 36.4 Å². The van der Waals surface area contributed by atoms with Crippen LogP contribution in [-0.4, -0.2) is 78.2 Å². The number of carbonyl (C=O) groups is 2. The van der Waals surface area contributed by atoms with Gasteiger partial charge in [0.15, 0.2) is 5.82 Å². The monoisotopic (exact) mass is 465 g/mol. The van der Waals surface area contributed by atoms with Crippen molar-refractivity contribution in [2.45, 2.75) is 33.1 Å². The van der Waals surface area contributed by atoms with E-state index in [2.05, 4.69) is 28.9 Å². The van der Waals surface area contributed by atoms with Crippen molar-refractivity contribution < 1.29 is 14.3 Å². The lowest BCUT2D eigenvalue weighted by atomic mass is 10.1. The number of ether oxygens (including phenoxy) is 1. The second-order valence-corrected chi connectivity index (χ2v) is 9.38. The topological polar surface area (TPSA) is 78.9 Å². The van der Waals surface area contributed by atoms with E-state index in [1.807, 2.05) is 41.3 Å². The molecule has 2 fully saturated rings. The molecule has 1 saturated carbocycles. The van der Waals surface area contributed by atoms with Gasteiger partial charge in [-0.25, -0.2) is 0 Å². The van der Waals surface area contributed by atoms with Crippen molar-refractivity contribution in [3.63, 3.8) is 0 Å². The zero-order valence-corrected chi connectivity index (χ0v) is 20.4. The van der Waals surface area contributed by atoms with Crippen molar-refractivity contribution in [3.8, 4) is 17.0 Å². The average Bonchev–Trinajstić information content (AvgIpc) is 3.73. The Labute approximate surface area is 201 Å². The highest BCUT2D eigenvalue weighted by molar-refractivity contribution is 5.87. The number of methoxy groups -OCH3 is 1. The Bertz CT molecular complexity index is 984. The maximum Gasteiger partial charge on any atom is 0.242 e. The Morgan fingerprint density at radius 1 is 1.12 bits per heavy atom. The van der Waals surface area contributed by atoms with Gasteiger partial charge >= 0.3 is 0 Å². The van der Waals surface area contributed by atoms with E-state index >= 15 is 0 Å². The summed E-state index contributed by atoms with van der Waals surface area (Å²) in [5, 5.41) is 8.82. The second-order valence-electron chi connectivity index (χ2n) is 9.38. The Balaban J connectivity index is 1.32. The zero-order chi connectivity index (χ0) is 24.1. The van der Waals surface area contributed by atoms with E-state index in [0.29, 0.717) is 38.6 Å². The highest BCUT2D eigenvalue weighted by atomic mass is 16.5. The molecule has 2 heterocycles. The van der Waals surface area contributed by atoms with E-state index in [-0.39, 0.29) is 24.3 Å². The fourth-order valence-corrected chi connectivity index (χ4v) is 4.20. The number of hydrogen-bond acceptors (Lipinski definition) is 6. The van der Waals surface area contributed by atoms with Crippen molar-refractivity contribution in [1.29, 1.82) is 0 Å². The third kappa shape index (κ3) is 5.85. The number of carbonyl (C=O) groups excluding carboxylic acids is 2. The molecule has 1 aromatic heterocycles. The summed E-state index contributed by atoms with van der Waals surface area (Å²) in [4.78, 5) is 31.5. The van der Waals surface area contributed by atoms with Gasteiger partial charge in [0, 0.05) is 44.2 Å². The van der Waals surface area contributed by atoms with E-state index < -0.39 is 0 Å². The van der Waals surface area contributed by atoms with Gasteiger partial charge in [-0.15, -0.1) is 10.2 Å². The summed E-state index contributed by atoms with van der Waals surface area (Å²) in [7, 11) is 1.65. The molecule has 0 unspecified atom stereocenters. The summed E-state index contributed by atoms with van der Waals surface area (Å²) in [5.41, 5.74) is 1.75. The molecule has 34 heavy (non-hydrogen) atoms. The third-order valence-electron chi connectivity index (χ3n) is 6.77. The fraction of sp³-hybridized carbons (Fsp3) is 0.538. The van der Waals surface area contributed by atoms with Gasteiger partial charge in [-0.2, -0.15) is 0 Å². The summed E-state index contributed by atoms with van der Waals surface area (Å²) in [6.07, 6.45) is 2.92. The maximum absolute atomic E-state index is 13.0. The van der Waals surface area contributed by atoms with E-state index in [9.17, 15) is 9.59 Å². The SMILES string of the molecule is CC[C@H](C)CN(CC(=O)N1CCN(c2ccc(-c3cccc(OC)c3)nn2)CC1)C(=O)C1CC1. The molecular formula is C26H35N5O3. The van der Waals surface area contributed by atoms with E-state index in [1.54, 1.807) is 12.0 Å². The number of anilines is 1. The number of piperazine rings is 1. The van der Waals surface area contributed by atoms with Crippen molar-refractivity contribution in [1.82, 2.24) is 20.0 Å². The Morgan fingerprint density at radius 2 is 1.88 bits per heavy atom. The molecule has 0 spiro atoms. The predicted octanol–water partition coefficient (Wildman–Crippen LogP) is 3.09. The lowest BCUT2D eigenvalue weighted by Gasteiger charge is -2.36. The number of aromatic nitrogens is 2. The number of benzene rings is 1. The zero-order valence-electron chi connectivity index (χ0n) is 20.4. The molecule has 182 valence electrons. The molecule has 0 bridgehead atoms. The molecule has 1 saturated heterocycles. The smallest absolute Gasteiger partial charge is 0.242 e. The van der Waals surface area contributed by atoms with Crippen LogP contribution >= 0.6 is 0 Å². The minimum absolute atomic E-state index is 0.0383. The minimum Gasteiger partial charge on any atom is -0.497 e. The molecule has 4 rings (SSSR count). The standard InChI is InChI=1S/C26H35N5O3/c1-4-19(2)17-31(26(33)20-8-9-20)18-25(32)30-14-12-29(13-15-30)24-11-10-23(27-28-24)21-6-5-7-22(16-21)34-3/h5-7,10-11,16,19-20H,4,8-9,12-15,17-18H2,1-3H3/t19-/m0/s1. The molecule has 8 nitrogen and oxygen atoms in total. The van der Waals surface area contributed by atoms with Crippen LogP contribution in [-0.2, 0) is 9.59 Å². The van der Waals surface area contributed by atoms with Crippen molar-refractivity contribution in [2.75, 3.05) is 51.3 Å². The normalized spacial score (nSPS) is 16.8. The van der Waals surface area contributed by atoms with Gasteiger partial charge in [0.25, 0.3) is 0 Å². The van der Waals surface area contributed by atoms with Gasteiger partial charge in [0.05, 0.1) is 19.3 Å². The van der Waals surface area contributed by atoms with Crippen LogP contribution in [0.2, 0.25) is 0 Å². The summed E-state index contributed by atoms with van der Waals surface area (Å²) in [6, 6.07) is 11.7. The highest BCUT2D eigenvalue weighted by Gasteiger charge is 2.35. The number of rotatable bonds is 9. The largest absolute Gasteiger partial charge is 0.497 e. The van der Waals surface area contributed by atoms with Gasteiger partial charge in [-0.05, 0) is 43.0 Å². The summed E-state index contributed by atoms with van der Waals surface area (Å²) in [6.45, 7) is 7.73. The fourth-order valence-electron chi connectivity index (χ4n) is 4.20. The van der Waals surface area contributed by atoms with Gasteiger partial charge in [-0.3, -0.25) is 9.59 Å². The summed E-state index contributed by atoms with van der Waals surface area (Å²) >= 11 is 0. The molecule has 1 aliphatic heterocycles. The van der Waals surface area contributed by atoms with Crippen LogP contribution in [0.1, 0.15) is 33.1 Å². The quantitative estimate of drug-likeness (QED) is 0.566. The number of hydrogen-bond donors (Lipinski definition) is 0. The molecule has 1 aliphatic carbocycles. The first kappa shape index (κ1) is 24.0. The first-order valence-corrected chi connectivity index (χ1v) is 12.3. The molecule has 8 heteroatoms. The van der Waals surface area contributed by atoms with Crippen molar-refractivity contribution >= 4 is 17.6 Å². The van der Waals surface area contributed by atoms with Crippen molar-refractivity contribution in [2.24, 2.45) is 11.8 Å². The molecule has 1 atom stereocenters. The number of amides is 2. The van der Waals surface area contributed by atoms with E-state index in [1.165, 1.54) is 0 Å². The Morgan fingerprint density at radius 3 is 2.50 bits per heavy atom. The van der Waals surface area contributed by atoms with Crippen LogP contribution in [0, 0.1) is 11.8 Å². The molecule has 2 aliphatic rings. The molecular weight excluding hydrogens is 430 g/mol. The van der Waals surface area contributed by atoms with Crippen LogP contribution in [0.3, 0.4) is 0 Å². The van der Waals surface area contributed by atoms with Crippen LogP contribution in [0.15, 0.2) is 36.4 Å². The predicted molar refractivity (Wildman–Crippen MR) is 132 cm³/mol. The lowest BCUT2D eigenvalue weighted by Crippen LogP contribution is -2.52. The van der Waals surface area contributed by atoms with E-state index in [0.717, 1.165) is 42.1 Å². The molecule has 0 radical (unpaired) electrons.